The molecule has 2 aromatic carbocycles. The summed E-state index contributed by atoms with van der Waals surface area (Å²) < 4.78 is 5.77. The molecule has 0 aliphatic heterocycles. The fourth-order valence-electron chi connectivity index (χ4n) is 2.33. The highest BCUT2D eigenvalue weighted by Gasteiger charge is 2.17. The van der Waals surface area contributed by atoms with Gasteiger partial charge in [0.15, 0.2) is 11.5 Å². The van der Waals surface area contributed by atoms with Crippen LogP contribution in [0.3, 0.4) is 0 Å². The van der Waals surface area contributed by atoms with Gasteiger partial charge in [-0.25, -0.2) is 4.98 Å². The number of aromatic nitrogens is 1. The van der Waals surface area contributed by atoms with Crippen molar-refractivity contribution in [2.45, 2.75) is 12.5 Å². The second-order valence-corrected chi connectivity index (χ2v) is 5.63. The van der Waals surface area contributed by atoms with Gasteiger partial charge in [-0.2, -0.15) is 0 Å². The molecule has 0 saturated heterocycles. The van der Waals surface area contributed by atoms with Crippen molar-refractivity contribution in [2.24, 2.45) is 0 Å². The van der Waals surface area contributed by atoms with E-state index in [0.717, 1.165) is 16.7 Å². The highest BCUT2D eigenvalue weighted by molar-refractivity contribution is 6.35. The molecule has 5 heteroatoms. The first-order chi connectivity index (χ1) is 10.2. The summed E-state index contributed by atoms with van der Waals surface area (Å²) in [6.45, 7) is 0. The van der Waals surface area contributed by atoms with E-state index in [1.165, 1.54) is 0 Å². The van der Waals surface area contributed by atoms with Gasteiger partial charge < -0.3 is 9.73 Å². The molecule has 0 saturated carbocycles. The van der Waals surface area contributed by atoms with Gasteiger partial charge in [0.1, 0.15) is 5.52 Å². The molecule has 1 N–H and O–H groups in total. The van der Waals surface area contributed by atoms with Crippen LogP contribution in [0.15, 0.2) is 46.9 Å². The Balaban J connectivity index is 1.90. The van der Waals surface area contributed by atoms with Crippen molar-refractivity contribution < 1.29 is 4.42 Å². The third-order valence-corrected chi connectivity index (χ3v) is 3.97. The molecule has 0 bridgehead atoms. The van der Waals surface area contributed by atoms with Gasteiger partial charge in [0.2, 0.25) is 0 Å². The first-order valence-electron chi connectivity index (χ1n) is 6.64. The highest BCUT2D eigenvalue weighted by Crippen LogP contribution is 2.28. The highest BCUT2D eigenvalue weighted by atomic mass is 35.5. The van der Waals surface area contributed by atoms with E-state index in [0.29, 0.717) is 22.4 Å². The summed E-state index contributed by atoms with van der Waals surface area (Å²) in [7, 11) is 1.89. The van der Waals surface area contributed by atoms with Crippen LogP contribution in [0.1, 0.15) is 17.5 Å². The molecule has 0 fully saturated rings. The fraction of sp³-hybridized carbons (Fsp3) is 0.188. The normalized spacial score (nSPS) is 12.7. The van der Waals surface area contributed by atoms with Crippen LogP contribution in [-0.2, 0) is 6.42 Å². The Kier molecular flexibility index (Phi) is 4.15. The fourth-order valence-corrected chi connectivity index (χ4v) is 2.87. The summed E-state index contributed by atoms with van der Waals surface area (Å²) >= 11 is 12.2. The van der Waals surface area contributed by atoms with E-state index in [1.54, 1.807) is 6.07 Å². The van der Waals surface area contributed by atoms with Gasteiger partial charge in [0, 0.05) is 22.5 Å². The van der Waals surface area contributed by atoms with Crippen molar-refractivity contribution in [1.29, 1.82) is 0 Å². The van der Waals surface area contributed by atoms with Gasteiger partial charge in [0.05, 0.1) is 0 Å². The molecule has 3 aromatic rings. The van der Waals surface area contributed by atoms with E-state index in [-0.39, 0.29) is 6.04 Å². The zero-order chi connectivity index (χ0) is 14.8. The number of benzene rings is 2. The van der Waals surface area contributed by atoms with Crippen molar-refractivity contribution in [1.82, 2.24) is 10.3 Å². The molecule has 0 aliphatic carbocycles. The number of likely N-dealkylation sites (N-methyl/N-ethyl adjacent to an activating group) is 1. The van der Waals surface area contributed by atoms with Crippen LogP contribution in [-0.4, -0.2) is 12.0 Å². The lowest BCUT2D eigenvalue weighted by molar-refractivity contribution is 0.474. The predicted octanol–water partition coefficient (Wildman–Crippen LogP) is 4.64. The number of rotatable bonds is 4. The topological polar surface area (TPSA) is 38.1 Å². The van der Waals surface area contributed by atoms with E-state index in [2.05, 4.69) is 10.3 Å². The van der Waals surface area contributed by atoms with Crippen LogP contribution < -0.4 is 5.32 Å². The number of para-hydroxylation sites is 2. The SMILES string of the molecule is CNC(Cc1nc2ccccc2o1)c1ccc(Cl)cc1Cl. The van der Waals surface area contributed by atoms with Crippen molar-refractivity contribution in [3.8, 4) is 0 Å². The van der Waals surface area contributed by atoms with E-state index in [9.17, 15) is 0 Å². The van der Waals surface area contributed by atoms with Crippen molar-refractivity contribution in [3.63, 3.8) is 0 Å². The van der Waals surface area contributed by atoms with Gasteiger partial charge in [0.25, 0.3) is 0 Å². The maximum absolute atomic E-state index is 6.27. The Morgan fingerprint density at radius 1 is 1.19 bits per heavy atom. The van der Waals surface area contributed by atoms with Gasteiger partial charge in [-0.3, -0.25) is 0 Å². The van der Waals surface area contributed by atoms with E-state index >= 15 is 0 Å². The van der Waals surface area contributed by atoms with Crippen molar-refractivity contribution in [3.05, 3.63) is 64.0 Å². The van der Waals surface area contributed by atoms with Gasteiger partial charge in [-0.05, 0) is 36.9 Å². The van der Waals surface area contributed by atoms with Crippen molar-refractivity contribution >= 4 is 34.3 Å². The van der Waals surface area contributed by atoms with Crippen LogP contribution in [0.25, 0.3) is 11.1 Å². The minimum absolute atomic E-state index is 0.0165. The number of hydrogen-bond donors (Lipinski definition) is 1. The number of halogens is 2. The quantitative estimate of drug-likeness (QED) is 0.761. The largest absolute Gasteiger partial charge is 0.441 e. The lowest BCUT2D eigenvalue weighted by atomic mass is 10.0. The van der Waals surface area contributed by atoms with Crippen LogP contribution in [0, 0.1) is 0 Å². The Labute approximate surface area is 132 Å². The van der Waals surface area contributed by atoms with E-state index in [1.807, 2.05) is 43.4 Å². The average Bonchev–Trinajstić information content (AvgIpc) is 2.87. The molecular weight excluding hydrogens is 307 g/mol. The number of nitrogens with one attached hydrogen (secondary N) is 1. The van der Waals surface area contributed by atoms with Crippen LogP contribution >= 0.6 is 23.2 Å². The molecule has 1 unspecified atom stereocenters. The first kappa shape index (κ1) is 14.4. The standard InChI is InChI=1S/C16H14Cl2N2O/c1-19-14(11-7-6-10(17)8-12(11)18)9-16-20-13-4-2-3-5-15(13)21-16/h2-8,14,19H,9H2,1H3. The molecule has 1 atom stereocenters. The zero-order valence-corrected chi connectivity index (χ0v) is 12.9. The molecule has 1 heterocycles. The Morgan fingerprint density at radius 3 is 2.71 bits per heavy atom. The summed E-state index contributed by atoms with van der Waals surface area (Å²) in [5.41, 5.74) is 2.64. The molecule has 0 spiro atoms. The van der Waals surface area contributed by atoms with Gasteiger partial charge in [-0.1, -0.05) is 41.4 Å². The predicted molar refractivity (Wildman–Crippen MR) is 86.0 cm³/mol. The maximum atomic E-state index is 6.27. The number of nitrogens with zero attached hydrogens (tertiary/aromatic N) is 1. The van der Waals surface area contributed by atoms with Gasteiger partial charge in [-0.15, -0.1) is 0 Å². The summed E-state index contributed by atoms with van der Waals surface area (Å²) in [5, 5.41) is 4.51. The smallest absolute Gasteiger partial charge is 0.197 e. The molecular formula is C16H14Cl2N2O. The second-order valence-electron chi connectivity index (χ2n) is 4.79. The lowest BCUT2D eigenvalue weighted by Gasteiger charge is -2.16. The summed E-state index contributed by atoms with van der Waals surface area (Å²) in [6, 6.07) is 13.2. The van der Waals surface area contributed by atoms with Crippen LogP contribution in [0.2, 0.25) is 10.0 Å². The third kappa shape index (κ3) is 3.05. The minimum atomic E-state index is 0.0165. The molecule has 108 valence electrons. The number of oxazole rings is 1. The Hall–Kier alpha value is -1.55. The molecule has 21 heavy (non-hydrogen) atoms. The summed E-state index contributed by atoms with van der Waals surface area (Å²) in [4.78, 5) is 4.50. The third-order valence-electron chi connectivity index (χ3n) is 3.40. The molecule has 3 nitrogen and oxygen atoms in total. The van der Waals surface area contributed by atoms with E-state index in [4.69, 9.17) is 27.6 Å². The maximum Gasteiger partial charge on any atom is 0.197 e. The van der Waals surface area contributed by atoms with Gasteiger partial charge >= 0.3 is 0 Å². The monoisotopic (exact) mass is 320 g/mol. The zero-order valence-electron chi connectivity index (χ0n) is 11.4. The molecule has 0 radical (unpaired) electrons. The van der Waals surface area contributed by atoms with Crippen molar-refractivity contribution in [2.75, 3.05) is 7.05 Å². The number of fused-ring (bicyclic) bond motifs is 1. The lowest BCUT2D eigenvalue weighted by Crippen LogP contribution is -2.19. The van der Waals surface area contributed by atoms with E-state index < -0.39 is 0 Å². The molecule has 3 rings (SSSR count). The van der Waals surface area contributed by atoms with Crippen LogP contribution in [0.5, 0.6) is 0 Å². The molecule has 0 aliphatic rings. The molecule has 1 aromatic heterocycles. The van der Waals surface area contributed by atoms with Crippen LogP contribution in [0.4, 0.5) is 0 Å². The Bertz CT molecular complexity index is 737. The Morgan fingerprint density at radius 2 is 2.00 bits per heavy atom. The number of hydrogen-bond acceptors (Lipinski definition) is 3. The molecule has 0 amide bonds. The summed E-state index contributed by atoms with van der Waals surface area (Å²) in [6.07, 6.45) is 0.618. The average molecular weight is 321 g/mol. The first-order valence-corrected chi connectivity index (χ1v) is 7.39. The minimum Gasteiger partial charge on any atom is -0.441 e. The summed E-state index contributed by atoms with van der Waals surface area (Å²) in [5.74, 6) is 0.682. The second kappa shape index (κ2) is 6.06.